The third-order valence-electron chi connectivity index (χ3n) is 7.96. The summed E-state index contributed by atoms with van der Waals surface area (Å²) < 4.78 is 32.3. The number of nitrogens with one attached hydrogen (secondary N) is 2. The van der Waals surface area contributed by atoms with Crippen molar-refractivity contribution in [1.29, 1.82) is 0 Å². The Bertz CT molecular complexity index is 1710. The molecule has 0 aliphatic carbocycles. The quantitative estimate of drug-likeness (QED) is 0.217. The summed E-state index contributed by atoms with van der Waals surface area (Å²) in [5.41, 5.74) is 1.02. The summed E-state index contributed by atoms with van der Waals surface area (Å²) in [5.74, 6) is -1.03. The highest BCUT2D eigenvalue weighted by Gasteiger charge is 2.34. The topological polar surface area (TPSA) is 140 Å². The van der Waals surface area contributed by atoms with Crippen molar-refractivity contribution in [1.82, 2.24) is 19.5 Å². The zero-order valence-corrected chi connectivity index (χ0v) is 30.5. The summed E-state index contributed by atoms with van der Waals surface area (Å²) in [7, 11) is 1.63. The van der Waals surface area contributed by atoms with Crippen molar-refractivity contribution in [2.24, 2.45) is 5.92 Å². The molecule has 0 bridgehead atoms. The van der Waals surface area contributed by atoms with E-state index < -0.39 is 29.0 Å². The largest absolute Gasteiger partial charge is 0.444 e. The summed E-state index contributed by atoms with van der Waals surface area (Å²) >= 11 is 0. The molecular weight excluding hydrogens is 645 g/mol. The molecule has 1 aromatic carbocycles. The number of methoxy groups -OCH3 is 1. The molecule has 2 atom stereocenters. The molecule has 2 aromatic heterocycles. The minimum Gasteiger partial charge on any atom is -0.444 e. The molecule has 0 spiro atoms. The van der Waals surface area contributed by atoms with Crippen molar-refractivity contribution in [3.05, 3.63) is 60.1 Å². The number of aromatic nitrogens is 3. The Morgan fingerprint density at radius 1 is 1.10 bits per heavy atom. The molecule has 2 N–H and O–H groups in total. The van der Waals surface area contributed by atoms with Gasteiger partial charge in [-0.05, 0) is 71.6 Å². The molecule has 14 heteroatoms. The van der Waals surface area contributed by atoms with Crippen LogP contribution in [0.4, 0.5) is 31.3 Å². The third-order valence-corrected chi connectivity index (χ3v) is 7.96. The lowest BCUT2D eigenvalue weighted by Crippen LogP contribution is -2.50. The maximum absolute atomic E-state index is 13.9. The lowest BCUT2D eigenvalue weighted by molar-refractivity contribution is -0.114. The van der Waals surface area contributed by atoms with Crippen molar-refractivity contribution in [2.45, 2.75) is 91.6 Å². The van der Waals surface area contributed by atoms with Gasteiger partial charge in [-0.25, -0.2) is 19.0 Å². The fraction of sp³-hybridized carbons (Fsp3) is 0.528. The number of anilines is 3. The van der Waals surface area contributed by atoms with E-state index in [-0.39, 0.29) is 30.6 Å². The van der Waals surface area contributed by atoms with Crippen LogP contribution >= 0.6 is 0 Å². The number of halogens is 1. The number of nitrogens with zero attached hydrogens (tertiary/aromatic N) is 5. The molecule has 1 saturated heterocycles. The lowest BCUT2D eigenvalue weighted by atomic mass is 9.93. The van der Waals surface area contributed by atoms with Gasteiger partial charge in [0.2, 0.25) is 0 Å². The van der Waals surface area contributed by atoms with Crippen LogP contribution in [0.3, 0.4) is 0 Å². The number of hydrogen-bond donors (Lipinski definition) is 2. The second-order valence-corrected chi connectivity index (χ2v) is 14.7. The molecule has 50 heavy (non-hydrogen) atoms. The summed E-state index contributed by atoms with van der Waals surface area (Å²) in [4.78, 5) is 46.7. The number of piperidine rings is 1. The Kier molecular flexibility index (Phi) is 11.8. The van der Waals surface area contributed by atoms with Gasteiger partial charge in [0.05, 0.1) is 25.4 Å². The molecule has 4 rings (SSSR count). The smallest absolute Gasteiger partial charge is 0.416 e. The third kappa shape index (κ3) is 9.93. The summed E-state index contributed by atoms with van der Waals surface area (Å²) in [6, 6.07) is 8.48. The van der Waals surface area contributed by atoms with E-state index in [4.69, 9.17) is 19.2 Å². The zero-order chi connectivity index (χ0) is 37.0. The molecule has 1 fully saturated rings. The fourth-order valence-corrected chi connectivity index (χ4v) is 5.53. The average molecular weight is 696 g/mol. The van der Waals surface area contributed by atoms with Crippen molar-refractivity contribution in [3.8, 4) is 0 Å². The number of amides is 3. The van der Waals surface area contributed by atoms with Crippen LogP contribution in [0.2, 0.25) is 0 Å². The molecule has 3 amide bonds. The average Bonchev–Trinajstić information content (AvgIpc) is 3.45. The van der Waals surface area contributed by atoms with E-state index in [1.807, 2.05) is 34.6 Å². The van der Waals surface area contributed by atoms with Crippen LogP contribution in [0.25, 0.3) is 5.65 Å². The predicted molar refractivity (Wildman–Crippen MR) is 190 cm³/mol. The predicted octanol–water partition coefficient (Wildman–Crippen LogP) is 6.90. The molecule has 13 nitrogen and oxygen atoms in total. The van der Waals surface area contributed by atoms with Gasteiger partial charge >= 0.3 is 12.2 Å². The summed E-state index contributed by atoms with van der Waals surface area (Å²) in [6.45, 7) is 19.4. The van der Waals surface area contributed by atoms with E-state index >= 15 is 0 Å². The Labute approximate surface area is 293 Å². The van der Waals surface area contributed by atoms with Crippen molar-refractivity contribution < 1.29 is 33.0 Å². The van der Waals surface area contributed by atoms with E-state index in [1.54, 1.807) is 73.8 Å². The van der Waals surface area contributed by atoms with E-state index in [2.05, 4.69) is 22.3 Å². The maximum Gasteiger partial charge on any atom is 0.416 e. The Balaban J connectivity index is 1.68. The van der Waals surface area contributed by atoms with Gasteiger partial charge in [0.1, 0.15) is 22.8 Å². The highest BCUT2D eigenvalue weighted by Crippen LogP contribution is 2.30. The van der Waals surface area contributed by atoms with Gasteiger partial charge in [0, 0.05) is 43.4 Å². The van der Waals surface area contributed by atoms with Crippen LogP contribution < -0.4 is 15.5 Å². The monoisotopic (exact) mass is 695 g/mol. The van der Waals surface area contributed by atoms with Gasteiger partial charge in [-0.2, -0.15) is 9.61 Å². The summed E-state index contributed by atoms with van der Waals surface area (Å²) in [5, 5.41) is 10.6. The van der Waals surface area contributed by atoms with Gasteiger partial charge < -0.3 is 29.7 Å². The second-order valence-electron chi connectivity index (χ2n) is 14.7. The van der Waals surface area contributed by atoms with Crippen LogP contribution in [-0.2, 0) is 25.5 Å². The number of carbonyl (C=O) groups excluding carboxylic acids is 3. The molecule has 1 aliphatic heterocycles. The van der Waals surface area contributed by atoms with Gasteiger partial charge in [-0.15, -0.1) is 0 Å². The summed E-state index contributed by atoms with van der Waals surface area (Å²) in [6.07, 6.45) is 1.18. The first-order valence-electron chi connectivity index (χ1n) is 16.7. The maximum atomic E-state index is 13.9. The molecule has 3 aromatic rings. The minimum atomic E-state index is -1.12. The van der Waals surface area contributed by atoms with Gasteiger partial charge in [0.25, 0.3) is 5.91 Å². The highest BCUT2D eigenvalue weighted by molar-refractivity contribution is 6.01. The molecule has 3 heterocycles. The number of carbonyl (C=O) groups is 3. The SMILES string of the molecule is C=C(F)C(=O)Nc1cccc(CN(C(=O)OC(C)(C)C)c2cc(NC[C@H]3CCN(C(=O)OC(C)(C)C)C[C@@H]3OC)nc3c(C(C)C)cnn23)c1. The lowest BCUT2D eigenvalue weighted by Gasteiger charge is -2.38. The highest BCUT2D eigenvalue weighted by atomic mass is 19.1. The minimum absolute atomic E-state index is 0.0273. The van der Waals surface area contributed by atoms with Crippen LogP contribution in [0.5, 0.6) is 0 Å². The first-order chi connectivity index (χ1) is 23.3. The van der Waals surface area contributed by atoms with Gasteiger partial charge in [0.15, 0.2) is 11.5 Å². The van der Waals surface area contributed by atoms with Crippen molar-refractivity contribution in [3.63, 3.8) is 0 Å². The Morgan fingerprint density at radius 3 is 2.42 bits per heavy atom. The van der Waals surface area contributed by atoms with E-state index in [9.17, 15) is 18.8 Å². The molecule has 0 unspecified atom stereocenters. The van der Waals surface area contributed by atoms with Crippen LogP contribution in [0.1, 0.15) is 78.9 Å². The van der Waals surface area contributed by atoms with Crippen molar-refractivity contribution in [2.75, 3.05) is 42.3 Å². The Hall–Kier alpha value is -4.72. The molecule has 0 radical (unpaired) electrons. The molecule has 272 valence electrons. The Morgan fingerprint density at radius 2 is 1.80 bits per heavy atom. The number of ether oxygens (including phenoxy) is 3. The molecule has 0 saturated carbocycles. The van der Waals surface area contributed by atoms with E-state index in [1.165, 1.54) is 4.90 Å². The zero-order valence-electron chi connectivity index (χ0n) is 30.5. The van der Waals surface area contributed by atoms with Crippen LogP contribution in [0, 0.1) is 5.92 Å². The first-order valence-corrected chi connectivity index (χ1v) is 16.7. The number of benzene rings is 1. The number of fused-ring (bicyclic) bond motifs is 1. The number of hydrogen-bond acceptors (Lipinski definition) is 9. The van der Waals surface area contributed by atoms with Crippen LogP contribution in [-0.4, -0.2) is 81.6 Å². The normalized spacial score (nSPS) is 16.7. The number of likely N-dealkylation sites (tertiary alicyclic amines) is 1. The standard InChI is InChI=1S/C36H50FN7O6/c1-22(2)27-19-39-44-30(43(34(47)50-36(7,8)9)20-24-12-11-13-26(16-24)40-32(45)23(3)37)17-29(41-31(27)44)38-18-25-14-15-42(21-28(25)48-10)33(46)49-35(4,5)6/h11-13,16-17,19,22,25,28H,3,14-15,18,20-21H2,1-2,4-10H3,(H,38,41)(H,40,45)/t25-,28+/m1/s1. The first kappa shape index (κ1) is 38.1. The van der Waals surface area contributed by atoms with Gasteiger partial charge in [-0.1, -0.05) is 32.6 Å². The van der Waals surface area contributed by atoms with E-state index in [0.717, 1.165) is 5.56 Å². The second kappa shape index (κ2) is 15.4. The van der Waals surface area contributed by atoms with E-state index in [0.29, 0.717) is 54.6 Å². The molecular formula is C36H50FN7O6. The van der Waals surface area contributed by atoms with Crippen LogP contribution in [0.15, 0.2) is 48.9 Å². The number of rotatable bonds is 10. The van der Waals surface area contributed by atoms with Gasteiger partial charge in [-0.3, -0.25) is 9.69 Å². The fourth-order valence-electron chi connectivity index (χ4n) is 5.53. The van der Waals surface area contributed by atoms with Crippen molar-refractivity contribution >= 4 is 41.1 Å². The molecule has 1 aliphatic rings.